The van der Waals surface area contributed by atoms with Crippen LogP contribution in [0.25, 0.3) is 5.57 Å². The molecule has 1 heterocycles. The van der Waals surface area contributed by atoms with Gasteiger partial charge in [0.2, 0.25) is 6.79 Å². The van der Waals surface area contributed by atoms with Gasteiger partial charge in [0.15, 0.2) is 19.8 Å². The van der Waals surface area contributed by atoms with Crippen LogP contribution in [0.4, 0.5) is 0 Å². The first-order valence-electron chi connectivity index (χ1n) is 11.3. The van der Waals surface area contributed by atoms with Gasteiger partial charge in [-0.2, -0.15) is 0 Å². The zero-order chi connectivity index (χ0) is 22.9. The summed E-state index contributed by atoms with van der Waals surface area (Å²) in [4.78, 5) is 0. The van der Waals surface area contributed by atoms with E-state index in [0.29, 0.717) is 13.0 Å². The second-order valence-electron chi connectivity index (χ2n) is 10.1. The van der Waals surface area contributed by atoms with Gasteiger partial charge in [0.25, 0.3) is 0 Å². The molecule has 4 rings (SSSR count). The van der Waals surface area contributed by atoms with Crippen LogP contribution in [0.5, 0.6) is 11.5 Å². The van der Waals surface area contributed by atoms with Gasteiger partial charge in [0, 0.05) is 6.42 Å². The summed E-state index contributed by atoms with van der Waals surface area (Å²) >= 11 is 0. The van der Waals surface area contributed by atoms with E-state index in [4.69, 9.17) is 18.6 Å². The van der Waals surface area contributed by atoms with Gasteiger partial charge in [0.05, 0.1) is 24.9 Å². The standard InChI is InChI=1S/C26H34O5Si/c1-26(2,3)32(4,5)31-24-15-23(28-16-18-9-7-6-8-10-18)20(14-21(24)27)19-11-12-22-25(13-19)30-17-29-22/h6-14,21,23-24,27H,15-17H2,1-5H3/t21-,23+,24-/m1/s1. The third kappa shape index (κ3) is 4.94. The molecule has 1 aliphatic carbocycles. The van der Waals surface area contributed by atoms with Gasteiger partial charge in [-0.25, -0.2) is 0 Å². The van der Waals surface area contributed by atoms with E-state index in [0.717, 1.165) is 28.2 Å². The molecule has 0 aromatic heterocycles. The average Bonchev–Trinajstić information content (AvgIpc) is 3.21. The van der Waals surface area contributed by atoms with Gasteiger partial charge in [-0.05, 0) is 53.0 Å². The van der Waals surface area contributed by atoms with Crippen molar-refractivity contribution in [2.24, 2.45) is 0 Å². The molecule has 5 nitrogen and oxygen atoms in total. The molecule has 3 atom stereocenters. The van der Waals surface area contributed by atoms with Crippen LogP contribution in [0, 0.1) is 0 Å². The Bertz CT molecular complexity index is 964. The van der Waals surface area contributed by atoms with Crippen molar-refractivity contribution in [3.05, 3.63) is 65.7 Å². The van der Waals surface area contributed by atoms with E-state index in [9.17, 15) is 5.11 Å². The third-order valence-electron chi connectivity index (χ3n) is 6.78. The molecule has 0 radical (unpaired) electrons. The van der Waals surface area contributed by atoms with E-state index >= 15 is 0 Å². The second-order valence-corrected chi connectivity index (χ2v) is 14.9. The number of aliphatic hydroxyl groups is 1. The van der Waals surface area contributed by atoms with Crippen molar-refractivity contribution < 1.29 is 23.7 Å². The van der Waals surface area contributed by atoms with Crippen LogP contribution in [0.2, 0.25) is 18.1 Å². The van der Waals surface area contributed by atoms with Crippen LogP contribution >= 0.6 is 0 Å². The fourth-order valence-electron chi connectivity index (χ4n) is 3.84. The molecular formula is C26H34O5Si. The number of hydrogen-bond acceptors (Lipinski definition) is 5. The minimum Gasteiger partial charge on any atom is -0.454 e. The normalized spacial score (nSPS) is 23.2. The summed E-state index contributed by atoms with van der Waals surface area (Å²) in [6.07, 6.45) is 1.30. The van der Waals surface area contributed by atoms with E-state index in [2.05, 4.69) is 46.0 Å². The van der Waals surface area contributed by atoms with Crippen LogP contribution in [-0.2, 0) is 15.8 Å². The molecule has 1 N–H and O–H groups in total. The summed E-state index contributed by atoms with van der Waals surface area (Å²) in [6.45, 7) is 11.8. The second kappa shape index (κ2) is 9.02. The largest absolute Gasteiger partial charge is 0.454 e. The van der Waals surface area contributed by atoms with Crippen molar-refractivity contribution in [2.45, 2.75) is 70.2 Å². The van der Waals surface area contributed by atoms with Crippen molar-refractivity contribution in [3.8, 4) is 11.5 Å². The molecule has 32 heavy (non-hydrogen) atoms. The van der Waals surface area contributed by atoms with Gasteiger partial charge in [0.1, 0.15) is 0 Å². The zero-order valence-corrected chi connectivity index (χ0v) is 20.6. The lowest BCUT2D eigenvalue weighted by Crippen LogP contribution is -2.49. The highest BCUT2D eigenvalue weighted by atomic mass is 28.4. The van der Waals surface area contributed by atoms with Crippen molar-refractivity contribution in [1.82, 2.24) is 0 Å². The summed E-state index contributed by atoms with van der Waals surface area (Å²) in [7, 11) is -2.05. The number of aliphatic hydroxyl groups excluding tert-OH is 1. The first kappa shape index (κ1) is 23.0. The lowest BCUT2D eigenvalue weighted by Gasteiger charge is -2.42. The van der Waals surface area contributed by atoms with Crippen molar-refractivity contribution >= 4 is 13.9 Å². The average molecular weight is 455 g/mol. The molecule has 0 saturated heterocycles. The van der Waals surface area contributed by atoms with E-state index in [-0.39, 0.29) is 24.0 Å². The third-order valence-corrected chi connectivity index (χ3v) is 11.3. The Morgan fingerprint density at radius 2 is 1.75 bits per heavy atom. The molecule has 0 saturated carbocycles. The van der Waals surface area contributed by atoms with E-state index < -0.39 is 14.4 Å². The Labute approximate surface area is 192 Å². The van der Waals surface area contributed by atoms with Crippen LogP contribution in [0.3, 0.4) is 0 Å². The lowest BCUT2D eigenvalue weighted by atomic mass is 9.87. The topological polar surface area (TPSA) is 57.2 Å². The first-order chi connectivity index (χ1) is 15.1. The minimum absolute atomic E-state index is 0.0639. The first-order valence-corrected chi connectivity index (χ1v) is 14.2. The summed E-state index contributed by atoms with van der Waals surface area (Å²) in [5.41, 5.74) is 3.05. The molecule has 2 aliphatic rings. The van der Waals surface area contributed by atoms with Gasteiger partial charge in [-0.15, -0.1) is 0 Å². The molecule has 0 amide bonds. The van der Waals surface area contributed by atoms with Crippen molar-refractivity contribution in [3.63, 3.8) is 0 Å². The van der Waals surface area contributed by atoms with E-state index in [1.165, 1.54) is 0 Å². The maximum absolute atomic E-state index is 11.0. The van der Waals surface area contributed by atoms with Gasteiger partial charge < -0.3 is 23.7 Å². The molecule has 6 heteroatoms. The highest BCUT2D eigenvalue weighted by Crippen LogP contribution is 2.42. The maximum Gasteiger partial charge on any atom is 0.231 e. The van der Waals surface area contributed by atoms with Crippen LogP contribution in [-0.4, -0.2) is 38.5 Å². The number of hydrogen-bond donors (Lipinski definition) is 1. The molecular weight excluding hydrogens is 420 g/mol. The molecule has 0 spiro atoms. The zero-order valence-electron chi connectivity index (χ0n) is 19.6. The summed E-state index contributed by atoms with van der Waals surface area (Å²) in [5.74, 6) is 1.46. The molecule has 2 aromatic rings. The highest BCUT2D eigenvalue weighted by Gasteiger charge is 2.42. The molecule has 0 bridgehead atoms. The van der Waals surface area contributed by atoms with E-state index in [1.807, 2.05) is 42.5 Å². The summed E-state index contributed by atoms with van der Waals surface area (Å²) < 4.78 is 24.1. The number of ether oxygens (including phenoxy) is 3. The van der Waals surface area contributed by atoms with Crippen LogP contribution < -0.4 is 9.47 Å². The molecule has 1 aliphatic heterocycles. The van der Waals surface area contributed by atoms with Crippen molar-refractivity contribution in [2.75, 3.05) is 6.79 Å². The Morgan fingerprint density at radius 3 is 2.47 bits per heavy atom. The van der Waals surface area contributed by atoms with E-state index in [1.54, 1.807) is 0 Å². The van der Waals surface area contributed by atoms with Gasteiger partial charge >= 0.3 is 0 Å². The Morgan fingerprint density at radius 1 is 1.03 bits per heavy atom. The van der Waals surface area contributed by atoms with Gasteiger partial charge in [-0.3, -0.25) is 0 Å². The molecule has 2 aromatic carbocycles. The van der Waals surface area contributed by atoms with Crippen LogP contribution in [0.1, 0.15) is 38.3 Å². The quantitative estimate of drug-likeness (QED) is 0.581. The van der Waals surface area contributed by atoms with Gasteiger partial charge in [-0.1, -0.05) is 57.2 Å². The number of fused-ring (bicyclic) bond motifs is 1. The van der Waals surface area contributed by atoms with Crippen molar-refractivity contribution in [1.29, 1.82) is 0 Å². The highest BCUT2D eigenvalue weighted by molar-refractivity contribution is 6.74. The minimum atomic E-state index is -2.05. The SMILES string of the molecule is CC(C)(C)[Si](C)(C)O[C@@H]1C[C@H](OCc2ccccc2)C(c2ccc3c(c2)OCO3)=C[C@H]1O. The monoisotopic (exact) mass is 454 g/mol. The Balaban J connectivity index is 1.61. The summed E-state index contributed by atoms with van der Waals surface area (Å²) in [5, 5.41) is 11.1. The molecule has 0 unspecified atom stereocenters. The Kier molecular flexibility index (Phi) is 6.50. The predicted molar refractivity (Wildman–Crippen MR) is 128 cm³/mol. The molecule has 172 valence electrons. The predicted octanol–water partition coefficient (Wildman–Crippen LogP) is 5.54. The van der Waals surface area contributed by atoms with Crippen LogP contribution in [0.15, 0.2) is 54.6 Å². The number of benzene rings is 2. The summed E-state index contributed by atoms with van der Waals surface area (Å²) in [6, 6.07) is 16.0. The fraction of sp³-hybridized carbons (Fsp3) is 0.462. The fourth-order valence-corrected chi connectivity index (χ4v) is 5.18. The number of rotatable bonds is 6. The lowest BCUT2D eigenvalue weighted by molar-refractivity contribution is -0.00851. The Hall–Kier alpha value is -2.12. The smallest absolute Gasteiger partial charge is 0.231 e. The maximum atomic E-state index is 11.0. The molecule has 0 fully saturated rings.